The first-order valence-electron chi connectivity index (χ1n) is 10.2. The molecule has 1 saturated carbocycles. The maximum atomic E-state index is 13.1. The molecule has 1 aromatic carbocycles. The molecule has 1 aliphatic carbocycles. The molecule has 1 N–H and O–H groups in total. The summed E-state index contributed by atoms with van der Waals surface area (Å²) < 4.78 is 0. The fourth-order valence-electron chi connectivity index (χ4n) is 4.47. The van der Waals surface area contributed by atoms with Crippen LogP contribution in [0.2, 0.25) is 0 Å². The molecule has 1 aromatic heterocycles. The predicted octanol–water partition coefficient (Wildman–Crippen LogP) is 4.28. The van der Waals surface area contributed by atoms with Crippen LogP contribution in [0.25, 0.3) is 0 Å². The van der Waals surface area contributed by atoms with Crippen LogP contribution in [0, 0.1) is 37.0 Å². The van der Waals surface area contributed by atoms with E-state index in [-0.39, 0.29) is 36.1 Å². The standard InChI is InChI=1S/C23H23N3O3S/c1-13-14(2)30-21(19(13)11-24)25-20(27)16-8-4-3-7-15(16)12-26-22(28)17-9-5-6-10-18(17)23(26)29/h5-6,9-10,15-16H,3-4,7-8,12H2,1-2H3,(H,25,27). The van der Waals surface area contributed by atoms with Crippen molar-refractivity contribution in [3.8, 4) is 6.07 Å². The van der Waals surface area contributed by atoms with Crippen LogP contribution in [-0.4, -0.2) is 29.2 Å². The second kappa shape index (κ2) is 8.04. The smallest absolute Gasteiger partial charge is 0.261 e. The van der Waals surface area contributed by atoms with E-state index in [0.29, 0.717) is 28.1 Å². The molecule has 4 rings (SSSR count). The van der Waals surface area contributed by atoms with Gasteiger partial charge in [0.1, 0.15) is 11.1 Å². The minimum absolute atomic E-state index is 0.0892. The number of imide groups is 1. The molecule has 2 atom stereocenters. The molecule has 6 nitrogen and oxygen atoms in total. The Hall–Kier alpha value is -2.98. The maximum absolute atomic E-state index is 13.1. The van der Waals surface area contributed by atoms with Crippen molar-refractivity contribution in [3.05, 3.63) is 51.4 Å². The number of benzene rings is 1. The normalized spacial score (nSPS) is 20.8. The van der Waals surface area contributed by atoms with Crippen LogP contribution in [0.1, 0.15) is 62.4 Å². The Bertz CT molecular complexity index is 1050. The number of fused-ring (bicyclic) bond motifs is 1. The summed E-state index contributed by atoms with van der Waals surface area (Å²) in [5, 5.41) is 13.0. The van der Waals surface area contributed by atoms with Gasteiger partial charge < -0.3 is 5.32 Å². The number of hydrogen-bond acceptors (Lipinski definition) is 5. The SMILES string of the molecule is Cc1sc(NC(=O)C2CCCCC2CN2C(=O)c3ccccc3C2=O)c(C#N)c1C. The monoisotopic (exact) mass is 421 g/mol. The largest absolute Gasteiger partial charge is 0.316 e. The van der Waals surface area contributed by atoms with E-state index in [9.17, 15) is 19.6 Å². The van der Waals surface area contributed by atoms with Gasteiger partial charge in [-0.1, -0.05) is 25.0 Å². The van der Waals surface area contributed by atoms with Crippen LogP contribution in [0.5, 0.6) is 0 Å². The van der Waals surface area contributed by atoms with Crippen molar-refractivity contribution in [2.24, 2.45) is 11.8 Å². The molecule has 0 bridgehead atoms. The Morgan fingerprint density at radius 3 is 2.43 bits per heavy atom. The molecule has 7 heteroatoms. The van der Waals surface area contributed by atoms with Crippen LogP contribution < -0.4 is 5.32 Å². The maximum Gasteiger partial charge on any atom is 0.261 e. The highest BCUT2D eigenvalue weighted by molar-refractivity contribution is 7.16. The Balaban J connectivity index is 1.52. The number of thiophene rings is 1. The van der Waals surface area contributed by atoms with E-state index in [1.807, 2.05) is 13.8 Å². The average molecular weight is 422 g/mol. The van der Waals surface area contributed by atoms with Crippen LogP contribution in [0.3, 0.4) is 0 Å². The Morgan fingerprint density at radius 2 is 1.80 bits per heavy atom. The summed E-state index contributed by atoms with van der Waals surface area (Å²) >= 11 is 1.41. The van der Waals surface area contributed by atoms with E-state index in [1.165, 1.54) is 16.2 Å². The molecule has 3 amide bonds. The van der Waals surface area contributed by atoms with Crippen molar-refractivity contribution in [3.63, 3.8) is 0 Å². The third-order valence-corrected chi connectivity index (χ3v) is 7.40. The molecule has 1 aliphatic heterocycles. The summed E-state index contributed by atoms with van der Waals surface area (Å²) in [7, 11) is 0. The number of rotatable bonds is 4. The molecule has 0 radical (unpaired) electrons. The van der Waals surface area contributed by atoms with Crippen molar-refractivity contribution in [1.29, 1.82) is 5.26 Å². The topological polar surface area (TPSA) is 90.3 Å². The first kappa shape index (κ1) is 20.3. The van der Waals surface area contributed by atoms with Gasteiger partial charge in [-0.15, -0.1) is 11.3 Å². The van der Waals surface area contributed by atoms with Crippen LogP contribution in [0.15, 0.2) is 24.3 Å². The Morgan fingerprint density at radius 1 is 1.17 bits per heavy atom. The summed E-state index contributed by atoms with van der Waals surface area (Å²) in [6.07, 6.45) is 3.41. The highest BCUT2D eigenvalue weighted by atomic mass is 32.1. The fourth-order valence-corrected chi connectivity index (χ4v) is 5.48. The minimum Gasteiger partial charge on any atom is -0.316 e. The van der Waals surface area contributed by atoms with Crippen molar-refractivity contribution in [2.75, 3.05) is 11.9 Å². The van der Waals surface area contributed by atoms with Gasteiger partial charge in [0.05, 0.1) is 16.7 Å². The highest BCUT2D eigenvalue weighted by Crippen LogP contribution is 2.36. The molecule has 2 aliphatic rings. The lowest BCUT2D eigenvalue weighted by Crippen LogP contribution is -2.41. The third-order valence-electron chi connectivity index (χ3n) is 6.27. The molecule has 154 valence electrons. The number of carbonyl (C=O) groups is 3. The van der Waals surface area contributed by atoms with Gasteiger partial charge >= 0.3 is 0 Å². The van der Waals surface area contributed by atoms with Gasteiger partial charge in [-0.3, -0.25) is 19.3 Å². The average Bonchev–Trinajstić information content (AvgIpc) is 3.16. The van der Waals surface area contributed by atoms with Gasteiger partial charge in [-0.2, -0.15) is 5.26 Å². The first-order chi connectivity index (χ1) is 14.4. The molecule has 2 aromatic rings. The number of nitrogens with zero attached hydrogens (tertiary/aromatic N) is 2. The van der Waals surface area contributed by atoms with Crippen molar-refractivity contribution in [2.45, 2.75) is 39.5 Å². The minimum atomic E-state index is -0.294. The van der Waals surface area contributed by atoms with E-state index in [4.69, 9.17) is 0 Å². The summed E-state index contributed by atoms with van der Waals surface area (Å²) in [5.74, 6) is -1.08. The summed E-state index contributed by atoms with van der Waals surface area (Å²) in [4.78, 5) is 40.9. The van der Waals surface area contributed by atoms with E-state index >= 15 is 0 Å². The number of anilines is 1. The second-order valence-electron chi connectivity index (χ2n) is 8.01. The first-order valence-corrected chi connectivity index (χ1v) is 11.0. The van der Waals surface area contributed by atoms with Crippen LogP contribution in [0.4, 0.5) is 5.00 Å². The van der Waals surface area contributed by atoms with Crippen LogP contribution >= 0.6 is 11.3 Å². The van der Waals surface area contributed by atoms with E-state index in [0.717, 1.165) is 29.7 Å². The van der Waals surface area contributed by atoms with E-state index < -0.39 is 0 Å². The molecule has 0 spiro atoms. The van der Waals surface area contributed by atoms with E-state index in [2.05, 4.69) is 11.4 Å². The van der Waals surface area contributed by atoms with Gasteiger partial charge in [0.2, 0.25) is 5.91 Å². The molecule has 0 saturated heterocycles. The number of aryl methyl sites for hydroxylation is 1. The zero-order valence-corrected chi connectivity index (χ0v) is 17.8. The molecular formula is C23H23N3O3S. The Labute approximate surface area is 179 Å². The van der Waals surface area contributed by atoms with Crippen molar-refractivity contribution in [1.82, 2.24) is 4.90 Å². The lowest BCUT2D eigenvalue weighted by Gasteiger charge is -2.32. The third kappa shape index (κ3) is 3.41. The Kier molecular flexibility index (Phi) is 5.44. The lowest BCUT2D eigenvalue weighted by molar-refractivity contribution is -0.122. The molecule has 30 heavy (non-hydrogen) atoms. The number of amides is 3. The quantitative estimate of drug-likeness (QED) is 0.746. The fraction of sp³-hybridized carbons (Fsp3) is 0.391. The van der Waals surface area contributed by atoms with E-state index in [1.54, 1.807) is 24.3 Å². The number of hydrogen-bond donors (Lipinski definition) is 1. The molecule has 2 unspecified atom stereocenters. The van der Waals surface area contributed by atoms with Gasteiger partial charge in [-0.25, -0.2) is 0 Å². The number of carbonyl (C=O) groups excluding carboxylic acids is 3. The van der Waals surface area contributed by atoms with Gasteiger partial charge in [-0.05, 0) is 50.3 Å². The highest BCUT2D eigenvalue weighted by Gasteiger charge is 2.40. The summed E-state index contributed by atoms with van der Waals surface area (Å²) in [5.41, 5.74) is 2.27. The van der Waals surface area contributed by atoms with Crippen LogP contribution in [-0.2, 0) is 4.79 Å². The van der Waals surface area contributed by atoms with Crippen molar-refractivity contribution < 1.29 is 14.4 Å². The van der Waals surface area contributed by atoms with Gasteiger partial charge in [0.15, 0.2) is 0 Å². The lowest BCUT2D eigenvalue weighted by atomic mass is 9.78. The molecule has 2 heterocycles. The van der Waals surface area contributed by atoms with Crippen molar-refractivity contribution >= 4 is 34.1 Å². The van der Waals surface area contributed by atoms with Gasteiger partial charge in [0, 0.05) is 17.3 Å². The van der Waals surface area contributed by atoms with Gasteiger partial charge in [0.25, 0.3) is 11.8 Å². The zero-order valence-electron chi connectivity index (χ0n) is 17.0. The zero-order chi connectivity index (χ0) is 21.4. The summed E-state index contributed by atoms with van der Waals surface area (Å²) in [6.45, 7) is 4.06. The number of nitriles is 1. The summed E-state index contributed by atoms with van der Waals surface area (Å²) in [6, 6.07) is 9.03. The number of nitrogens with one attached hydrogen (secondary N) is 1. The second-order valence-corrected chi connectivity index (χ2v) is 9.23. The predicted molar refractivity (Wildman–Crippen MR) is 114 cm³/mol. The molecular weight excluding hydrogens is 398 g/mol. The molecule has 1 fully saturated rings.